The van der Waals surface area contributed by atoms with Crippen molar-refractivity contribution in [2.75, 3.05) is 33.2 Å². The molecule has 0 aromatic carbocycles. The van der Waals surface area contributed by atoms with E-state index < -0.39 is 10.0 Å². The zero-order valence-electron chi connectivity index (χ0n) is 16.9. The molecule has 0 radical (unpaired) electrons. The number of carbonyl (C=O) groups excluding carboxylic acids is 2. The third kappa shape index (κ3) is 7.16. The predicted octanol–water partition coefficient (Wildman–Crippen LogP) is 0.864. The molecule has 0 bridgehead atoms. The van der Waals surface area contributed by atoms with Gasteiger partial charge in [0.05, 0.1) is 13.1 Å². The Morgan fingerprint density at radius 3 is 2.46 bits per heavy atom. The van der Waals surface area contributed by atoms with E-state index in [4.69, 9.17) is 0 Å². The van der Waals surface area contributed by atoms with Gasteiger partial charge in [-0.15, -0.1) is 11.3 Å². The summed E-state index contributed by atoms with van der Waals surface area (Å²) in [7, 11) is -1.85. The van der Waals surface area contributed by atoms with Crippen LogP contribution in [0.5, 0.6) is 0 Å². The smallest absolute Gasteiger partial charge is 0.250 e. The largest absolute Gasteiger partial charge is 0.350 e. The SMILES string of the molecule is CN(CC(=O)NC(C)(C)C)C(=O)CN1CCC(NS(=O)(=O)c2cccs2)CC1. The van der Waals surface area contributed by atoms with Crippen LogP contribution in [-0.4, -0.2) is 74.8 Å². The van der Waals surface area contributed by atoms with Crippen LogP contribution in [0.2, 0.25) is 0 Å². The van der Waals surface area contributed by atoms with Crippen LogP contribution in [0, 0.1) is 0 Å². The van der Waals surface area contributed by atoms with Gasteiger partial charge in [0.2, 0.25) is 21.8 Å². The van der Waals surface area contributed by atoms with Crippen LogP contribution >= 0.6 is 11.3 Å². The molecule has 2 heterocycles. The highest BCUT2D eigenvalue weighted by atomic mass is 32.2. The van der Waals surface area contributed by atoms with Gasteiger partial charge in [0.25, 0.3) is 0 Å². The van der Waals surface area contributed by atoms with Crippen LogP contribution in [0.15, 0.2) is 21.7 Å². The fourth-order valence-electron chi connectivity index (χ4n) is 2.98. The summed E-state index contributed by atoms with van der Waals surface area (Å²) in [6, 6.07) is 3.17. The van der Waals surface area contributed by atoms with Crippen molar-refractivity contribution < 1.29 is 18.0 Å². The number of amides is 2. The van der Waals surface area contributed by atoms with Crippen LogP contribution in [0.4, 0.5) is 0 Å². The minimum Gasteiger partial charge on any atom is -0.350 e. The fourth-order valence-corrected chi connectivity index (χ4v) is 5.29. The van der Waals surface area contributed by atoms with Gasteiger partial charge in [-0.2, -0.15) is 0 Å². The predicted molar refractivity (Wildman–Crippen MR) is 110 cm³/mol. The van der Waals surface area contributed by atoms with E-state index in [1.54, 1.807) is 24.6 Å². The third-order valence-electron chi connectivity index (χ3n) is 4.35. The van der Waals surface area contributed by atoms with Crippen molar-refractivity contribution in [3.05, 3.63) is 17.5 Å². The van der Waals surface area contributed by atoms with Crippen molar-refractivity contribution in [2.24, 2.45) is 0 Å². The molecule has 0 aliphatic carbocycles. The summed E-state index contributed by atoms with van der Waals surface area (Å²) >= 11 is 1.19. The summed E-state index contributed by atoms with van der Waals surface area (Å²) < 4.78 is 27.7. The Bertz CT molecular complexity index is 764. The minimum atomic E-state index is -3.47. The standard InChI is InChI=1S/C18H30N4O4S2/c1-18(2,3)19-15(23)12-21(4)16(24)13-22-9-7-14(8-10-22)20-28(25,26)17-6-5-11-27-17/h5-6,11,14,20H,7-10,12-13H2,1-4H3,(H,19,23). The molecule has 2 rings (SSSR count). The van der Waals surface area contributed by atoms with Crippen LogP contribution in [0.25, 0.3) is 0 Å². The normalized spacial score (nSPS) is 16.7. The first-order valence-corrected chi connectivity index (χ1v) is 11.7. The van der Waals surface area contributed by atoms with E-state index in [0.29, 0.717) is 30.1 Å². The van der Waals surface area contributed by atoms with E-state index in [-0.39, 0.29) is 36.5 Å². The molecule has 1 aliphatic rings. The summed E-state index contributed by atoms with van der Waals surface area (Å²) in [5.41, 5.74) is -0.334. The summed E-state index contributed by atoms with van der Waals surface area (Å²) in [4.78, 5) is 27.7. The number of piperidine rings is 1. The van der Waals surface area contributed by atoms with E-state index in [1.807, 2.05) is 25.7 Å². The van der Waals surface area contributed by atoms with Crippen LogP contribution in [0.3, 0.4) is 0 Å². The maximum Gasteiger partial charge on any atom is 0.250 e. The molecule has 1 aromatic rings. The number of nitrogens with zero attached hydrogens (tertiary/aromatic N) is 2. The number of rotatable bonds is 7. The molecule has 8 nitrogen and oxygen atoms in total. The maximum atomic E-state index is 12.4. The highest BCUT2D eigenvalue weighted by Gasteiger charge is 2.27. The molecule has 1 aliphatic heterocycles. The number of likely N-dealkylation sites (tertiary alicyclic amines) is 1. The van der Waals surface area contributed by atoms with E-state index in [0.717, 1.165) is 0 Å². The van der Waals surface area contributed by atoms with Crippen molar-refractivity contribution >= 4 is 33.2 Å². The average Bonchev–Trinajstić information content (AvgIpc) is 3.10. The van der Waals surface area contributed by atoms with Gasteiger partial charge in [-0.05, 0) is 45.1 Å². The second-order valence-electron chi connectivity index (χ2n) is 8.15. The van der Waals surface area contributed by atoms with Crippen LogP contribution in [0.1, 0.15) is 33.6 Å². The summed E-state index contributed by atoms with van der Waals surface area (Å²) in [5, 5.41) is 4.57. The van der Waals surface area contributed by atoms with E-state index in [1.165, 1.54) is 16.2 Å². The topological polar surface area (TPSA) is 98.8 Å². The lowest BCUT2D eigenvalue weighted by Gasteiger charge is -2.32. The van der Waals surface area contributed by atoms with Crippen LogP contribution in [-0.2, 0) is 19.6 Å². The molecule has 1 saturated heterocycles. The molecular weight excluding hydrogens is 400 g/mol. The van der Waals surface area contributed by atoms with Gasteiger partial charge in [-0.3, -0.25) is 14.5 Å². The number of sulfonamides is 1. The van der Waals surface area contributed by atoms with Crippen molar-refractivity contribution in [2.45, 2.75) is 49.4 Å². The summed E-state index contributed by atoms with van der Waals surface area (Å²) in [5.74, 6) is -0.313. The lowest BCUT2D eigenvalue weighted by molar-refractivity contribution is -0.136. The molecule has 158 valence electrons. The van der Waals surface area contributed by atoms with Gasteiger partial charge in [0.1, 0.15) is 4.21 Å². The molecule has 1 aromatic heterocycles. The highest BCUT2D eigenvalue weighted by molar-refractivity contribution is 7.91. The second kappa shape index (κ2) is 9.34. The Morgan fingerprint density at radius 2 is 1.93 bits per heavy atom. The number of carbonyl (C=O) groups is 2. The number of likely N-dealkylation sites (N-methyl/N-ethyl adjacent to an activating group) is 1. The molecule has 1 fully saturated rings. The summed E-state index contributed by atoms with van der Waals surface area (Å²) in [6.07, 6.45) is 1.29. The van der Waals surface area contributed by atoms with Crippen molar-refractivity contribution in [3.63, 3.8) is 0 Å². The van der Waals surface area contributed by atoms with Crippen molar-refractivity contribution in [1.82, 2.24) is 19.8 Å². The highest BCUT2D eigenvalue weighted by Crippen LogP contribution is 2.18. The Morgan fingerprint density at radius 1 is 1.29 bits per heavy atom. The number of nitrogens with one attached hydrogen (secondary N) is 2. The van der Waals surface area contributed by atoms with Crippen molar-refractivity contribution in [1.29, 1.82) is 0 Å². The molecule has 0 spiro atoms. The van der Waals surface area contributed by atoms with Gasteiger partial charge >= 0.3 is 0 Å². The number of thiophene rings is 1. The lowest BCUT2D eigenvalue weighted by atomic mass is 10.1. The fraction of sp³-hybridized carbons (Fsp3) is 0.667. The van der Waals surface area contributed by atoms with Gasteiger partial charge < -0.3 is 10.2 Å². The van der Waals surface area contributed by atoms with Gasteiger partial charge in [-0.25, -0.2) is 13.1 Å². The molecule has 0 unspecified atom stereocenters. The van der Waals surface area contributed by atoms with Crippen LogP contribution < -0.4 is 10.0 Å². The molecule has 0 atom stereocenters. The van der Waals surface area contributed by atoms with Gasteiger partial charge in [0, 0.05) is 31.7 Å². The zero-order chi connectivity index (χ0) is 20.9. The number of hydrogen-bond acceptors (Lipinski definition) is 6. The zero-order valence-corrected chi connectivity index (χ0v) is 18.5. The Kier molecular flexibility index (Phi) is 7.60. The molecule has 28 heavy (non-hydrogen) atoms. The number of hydrogen-bond donors (Lipinski definition) is 2. The average molecular weight is 431 g/mol. The Hall–Kier alpha value is -1.49. The Balaban J connectivity index is 1.76. The molecule has 2 N–H and O–H groups in total. The van der Waals surface area contributed by atoms with Crippen molar-refractivity contribution in [3.8, 4) is 0 Å². The Labute approximate surface area is 171 Å². The first-order chi connectivity index (χ1) is 13.0. The third-order valence-corrected chi connectivity index (χ3v) is 7.27. The van der Waals surface area contributed by atoms with E-state index >= 15 is 0 Å². The summed E-state index contributed by atoms with van der Waals surface area (Å²) in [6.45, 7) is 7.18. The van der Waals surface area contributed by atoms with Gasteiger partial charge in [0.15, 0.2) is 0 Å². The van der Waals surface area contributed by atoms with E-state index in [9.17, 15) is 18.0 Å². The molecule has 10 heteroatoms. The van der Waals surface area contributed by atoms with E-state index in [2.05, 4.69) is 10.0 Å². The monoisotopic (exact) mass is 430 g/mol. The van der Waals surface area contributed by atoms with Gasteiger partial charge in [-0.1, -0.05) is 6.07 Å². The molecular formula is C18H30N4O4S2. The quantitative estimate of drug-likeness (QED) is 0.669. The molecule has 2 amide bonds. The molecule has 0 saturated carbocycles. The maximum absolute atomic E-state index is 12.4. The second-order valence-corrected chi connectivity index (χ2v) is 11.0. The first-order valence-electron chi connectivity index (χ1n) is 9.29. The first kappa shape index (κ1) is 22.8. The minimum absolute atomic E-state index is 0.0210. The lowest BCUT2D eigenvalue weighted by Crippen LogP contribution is -2.50.